The highest BCUT2D eigenvalue weighted by molar-refractivity contribution is 5.89. The number of alkyl carbamates (subject to hydrolysis) is 1. The Morgan fingerprint density at radius 2 is 1.62 bits per heavy atom. The zero-order valence-corrected chi connectivity index (χ0v) is 19.7. The van der Waals surface area contributed by atoms with E-state index in [0.717, 1.165) is 5.56 Å². The molecule has 1 rings (SSSR count). The Balaban J connectivity index is 2.77. The number of benzene rings is 1. The lowest BCUT2D eigenvalue weighted by Gasteiger charge is -2.26. The normalized spacial score (nSPS) is 12.3. The van der Waals surface area contributed by atoms with Gasteiger partial charge in [0.1, 0.15) is 18.2 Å². The highest BCUT2D eigenvalue weighted by Crippen LogP contribution is 2.19. The van der Waals surface area contributed by atoms with Gasteiger partial charge in [-0.3, -0.25) is 14.4 Å². The van der Waals surface area contributed by atoms with Crippen molar-refractivity contribution in [3.63, 3.8) is 0 Å². The SMILES string of the molecule is CNC(=O)CC(C)(C)CNC(=O)[C@@H](CC(=O)OCc1ccccc1)NC(=O)OC(C)(C)C. The molecule has 0 aliphatic heterocycles. The molecule has 0 aromatic heterocycles. The van der Waals surface area contributed by atoms with Crippen molar-refractivity contribution in [3.05, 3.63) is 35.9 Å². The number of hydrogen-bond donors (Lipinski definition) is 3. The van der Waals surface area contributed by atoms with Gasteiger partial charge in [0.2, 0.25) is 11.8 Å². The third-order valence-corrected chi connectivity index (χ3v) is 4.28. The molecule has 0 spiro atoms. The highest BCUT2D eigenvalue weighted by Gasteiger charge is 2.29. The second-order valence-electron chi connectivity index (χ2n) is 9.28. The Morgan fingerprint density at radius 1 is 1.00 bits per heavy atom. The Hall–Kier alpha value is -3.10. The van der Waals surface area contributed by atoms with Gasteiger partial charge in [-0.05, 0) is 31.7 Å². The van der Waals surface area contributed by atoms with Crippen LogP contribution >= 0.6 is 0 Å². The van der Waals surface area contributed by atoms with Crippen molar-refractivity contribution in [2.24, 2.45) is 5.41 Å². The summed E-state index contributed by atoms with van der Waals surface area (Å²) in [6.45, 7) is 8.95. The zero-order valence-electron chi connectivity index (χ0n) is 19.7. The Kier molecular flexibility index (Phi) is 10.2. The Labute approximate surface area is 189 Å². The number of nitrogens with one attached hydrogen (secondary N) is 3. The van der Waals surface area contributed by atoms with Gasteiger partial charge in [-0.15, -0.1) is 0 Å². The predicted octanol–water partition coefficient (Wildman–Crippen LogP) is 2.29. The van der Waals surface area contributed by atoms with Gasteiger partial charge in [0.05, 0.1) is 6.42 Å². The average molecular weight is 450 g/mol. The molecule has 178 valence electrons. The fraction of sp³-hybridized carbons (Fsp3) is 0.565. The van der Waals surface area contributed by atoms with Crippen LogP contribution in [0.4, 0.5) is 4.79 Å². The summed E-state index contributed by atoms with van der Waals surface area (Å²) in [5.41, 5.74) is -0.494. The maximum absolute atomic E-state index is 12.8. The molecular formula is C23H35N3O6. The highest BCUT2D eigenvalue weighted by atomic mass is 16.6. The maximum Gasteiger partial charge on any atom is 0.408 e. The second-order valence-corrected chi connectivity index (χ2v) is 9.28. The molecule has 0 saturated heterocycles. The lowest BCUT2D eigenvalue weighted by atomic mass is 9.88. The van der Waals surface area contributed by atoms with Crippen molar-refractivity contribution < 1.29 is 28.7 Å². The molecule has 0 bridgehead atoms. The molecule has 1 aromatic carbocycles. The van der Waals surface area contributed by atoms with Gasteiger partial charge in [0.25, 0.3) is 0 Å². The van der Waals surface area contributed by atoms with Crippen LogP contribution in [0.15, 0.2) is 30.3 Å². The molecule has 0 fully saturated rings. The van der Waals surface area contributed by atoms with Gasteiger partial charge in [-0.25, -0.2) is 4.79 Å². The van der Waals surface area contributed by atoms with Gasteiger partial charge in [-0.2, -0.15) is 0 Å². The molecule has 0 aliphatic rings. The number of carbonyl (C=O) groups excluding carboxylic acids is 4. The molecule has 3 N–H and O–H groups in total. The van der Waals surface area contributed by atoms with Crippen molar-refractivity contribution >= 4 is 23.9 Å². The maximum atomic E-state index is 12.8. The molecule has 0 heterocycles. The number of amides is 3. The molecule has 9 nitrogen and oxygen atoms in total. The van der Waals surface area contributed by atoms with Crippen LogP contribution in [0.3, 0.4) is 0 Å². The minimum absolute atomic E-state index is 0.0552. The minimum atomic E-state index is -1.19. The van der Waals surface area contributed by atoms with Crippen LogP contribution in [0, 0.1) is 5.41 Å². The number of esters is 1. The summed E-state index contributed by atoms with van der Waals surface area (Å²) in [6, 6.07) is 7.93. The summed E-state index contributed by atoms with van der Waals surface area (Å²) in [4.78, 5) is 49.0. The molecule has 1 aromatic rings. The smallest absolute Gasteiger partial charge is 0.408 e. The lowest BCUT2D eigenvalue weighted by molar-refractivity contribution is -0.147. The van der Waals surface area contributed by atoms with Gasteiger partial charge >= 0.3 is 12.1 Å². The first kappa shape index (κ1) is 26.9. The van der Waals surface area contributed by atoms with Crippen LogP contribution in [0.5, 0.6) is 0 Å². The van der Waals surface area contributed by atoms with E-state index in [1.807, 2.05) is 44.2 Å². The average Bonchev–Trinajstić information content (AvgIpc) is 2.69. The predicted molar refractivity (Wildman–Crippen MR) is 119 cm³/mol. The molecule has 0 radical (unpaired) electrons. The van der Waals surface area contributed by atoms with E-state index in [2.05, 4.69) is 16.0 Å². The Bertz CT molecular complexity index is 787. The van der Waals surface area contributed by atoms with E-state index in [9.17, 15) is 19.2 Å². The number of ether oxygens (including phenoxy) is 2. The molecule has 0 aliphatic carbocycles. The standard InChI is InChI=1S/C23H35N3O6/c1-22(2,3)32-21(30)26-17(12-19(28)31-14-16-10-8-7-9-11-16)20(29)25-15-23(4,5)13-18(27)24-6/h7-11,17H,12-15H2,1-6H3,(H,24,27)(H,25,29)(H,26,30)/t17-/m1/s1. The summed E-state index contributed by atoms with van der Waals surface area (Å²) in [5, 5.41) is 7.69. The van der Waals surface area contributed by atoms with Gasteiger partial charge in [-0.1, -0.05) is 44.2 Å². The van der Waals surface area contributed by atoms with Crippen LogP contribution in [-0.4, -0.2) is 49.1 Å². The second kappa shape index (κ2) is 12.1. The monoisotopic (exact) mass is 449 g/mol. The third-order valence-electron chi connectivity index (χ3n) is 4.28. The topological polar surface area (TPSA) is 123 Å². The summed E-state index contributed by atoms with van der Waals surface area (Å²) in [7, 11) is 1.54. The van der Waals surface area contributed by atoms with Crippen LogP contribution in [0.2, 0.25) is 0 Å². The molecule has 32 heavy (non-hydrogen) atoms. The molecule has 0 unspecified atom stereocenters. The van der Waals surface area contributed by atoms with E-state index in [1.165, 1.54) is 0 Å². The van der Waals surface area contributed by atoms with Crippen molar-refractivity contribution in [1.82, 2.24) is 16.0 Å². The minimum Gasteiger partial charge on any atom is -0.461 e. The van der Waals surface area contributed by atoms with Gasteiger partial charge < -0.3 is 25.4 Å². The lowest BCUT2D eigenvalue weighted by Crippen LogP contribution is -2.51. The Morgan fingerprint density at radius 3 is 2.19 bits per heavy atom. The molecular weight excluding hydrogens is 414 g/mol. The molecule has 0 saturated carbocycles. The van der Waals surface area contributed by atoms with Crippen LogP contribution < -0.4 is 16.0 Å². The van der Waals surface area contributed by atoms with Gasteiger partial charge in [0.15, 0.2) is 0 Å². The summed E-state index contributed by atoms with van der Waals surface area (Å²) < 4.78 is 10.4. The number of hydrogen-bond acceptors (Lipinski definition) is 6. The van der Waals surface area contributed by atoms with Crippen molar-refractivity contribution in [2.75, 3.05) is 13.6 Å². The van der Waals surface area contributed by atoms with Gasteiger partial charge in [0, 0.05) is 20.0 Å². The molecule has 3 amide bonds. The first-order valence-corrected chi connectivity index (χ1v) is 10.5. The van der Waals surface area contributed by atoms with Crippen molar-refractivity contribution in [3.8, 4) is 0 Å². The largest absolute Gasteiger partial charge is 0.461 e. The van der Waals surface area contributed by atoms with Crippen LogP contribution in [-0.2, 0) is 30.5 Å². The van der Waals surface area contributed by atoms with Crippen molar-refractivity contribution in [1.29, 1.82) is 0 Å². The fourth-order valence-electron chi connectivity index (χ4n) is 2.66. The van der Waals surface area contributed by atoms with Crippen molar-refractivity contribution in [2.45, 2.75) is 65.7 Å². The summed E-state index contributed by atoms with van der Waals surface area (Å²) in [5.74, 6) is -1.37. The first-order valence-electron chi connectivity index (χ1n) is 10.5. The summed E-state index contributed by atoms with van der Waals surface area (Å²) in [6.07, 6.45) is -0.987. The van der Waals surface area contributed by atoms with E-state index in [0.29, 0.717) is 0 Å². The van der Waals surface area contributed by atoms with Crippen LogP contribution in [0.25, 0.3) is 0 Å². The number of carbonyl (C=O) groups is 4. The first-order chi connectivity index (χ1) is 14.8. The summed E-state index contributed by atoms with van der Waals surface area (Å²) >= 11 is 0. The van der Waals surface area contributed by atoms with E-state index in [-0.39, 0.29) is 31.9 Å². The van der Waals surface area contributed by atoms with E-state index in [1.54, 1.807) is 27.8 Å². The van der Waals surface area contributed by atoms with Crippen LogP contribution in [0.1, 0.15) is 53.0 Å². The van der Waals surface area contributed by atoms with E-state index < -0.39 is 35.0 Å². The quantitative estimate of drug-likeness (QED) is 0.471. The fourth-order valence-corrected chi connectivity index (χ4v) is 2.66. The molecule has 1 atom stereocenters. The van der Waals surface area contributed by atoms with E-state index in [4.69, 9.17) is 9.47 Å². The third kappa shape index (κ3) is 11.3. The number of rotatable bonds is 10. The zero-order chi connectivity index (χ0) is 24.4. The molecule has 9 heteroatoms. The van der Waals surface area contributed by atoms with E-state index >= 15 is 0 Å².